The minimum Gasteiger partial charge on any atom is -0.480 e. The Hall–Kier alpha value is -1.47. The van der Waals surface area contributed by atoms with Crippen molar-refractivity contribution in [3.63, 3.8) is 0 Å². The molecule has 0 radical (unpaired) electrons. The van der Waals surface area contributed by atoms with Crippen LogP contribution < -0.4 is 0 Å². The molecule has 0 saturated carbocycles. The van der Waals surface area contributed by atoms with Gasteiger partial charge in [-0.15, -0.1) is 10.2 Å². The van der Waals surface area contributed by atoms with Gasteiger partial charge in [0.25, 0.3) is 0 Å². The van der Waals surface area contributed by atoms with Gasteiger partial charge < -0.3 is 19.0 Å². The fourth-order valence-electron chi connectivity index (χ4n) is 0.977. The second-order valence-corrected chi connectivity index (χ2v) is 2.92. The average Bonchev–Trinajstić information content (AvgIpc) is 2.66. The highest BCUT2D eigenvalue weighted by atomic mass is 16.5. The first-order valence-corrected chi connectivity index (χ1v) is 4.91. The number of carboxylic acids is 1. The van der Waals surface area contributed by atoms with Gasteiger partial charge in [0, 0.05) is 13.0 Å². The van der Waals surface area contributed by atoms with Crippen molar-refractivity contribution in [1.29, 1.82) is 0 Å². The van der Waals surface area contributed by atoms with Crippen LogP contribution in [0.15, 0.2) is 4.42 Å². The molecule has 16 heavy (non-hydrogen) atoms. The molecule has 1 heterocycles. The van der Waals surface area contributed by atoms with Gasteiger partial charge in [0.15, 0.2) is 0 Å². The first-order valence-electron chi connectivity index (χ1n) is 4.91. The van der Waals surface area contributed by atoms with Crippen LogP contribution in [0.3, 0.4) is 0 Å². The lowest BCUT2D eigenvalue weighted by Gasteiger charge is -1.96. The van der Waals surface area contributed by atoms with Gasteiger partial charge in [0.1, 0.15) is 13.2 Å². The summed E-state index contributed by atoms with van der Waals surface area (Å²) >= 11 is 0. The second kappa shape index (κ2) is 6.91. The van der Waals surface area contributed by atoms with E-state index in [0.29, 0.717) is 25.5 Å². The van der Waals surface area contributed by atoms with Crippen LogP contribution in [0.1, 0.15) is 18.7 Å². The molecule has 0 aliphatic heterocycles. The summed E-state index contributed by atoms with van der Waals surface area (Å²) in [6.07, 6.45) is 0.541. The number of carbonyl (C=O) groups is 1. The van der Waals surface area contributed by atoms with Gasteiger partial charge in [0.05, 0.1) is 6.61 Å². The van der Waals surface area contributed by atoms with E-state index in [-0.39, 0.29) is 19.1 Å². The molecule has 7 heteroatoms. The summed E-state index contributed by atoms with van der Waals surface area (Å²) in [4.78, 5) is 10.2. The molecule has 1 N–H and O–H groups in total. The molecular formula is C9H14N2O5. The number of carboxylic acid groups (broad SMARTS) is 1. The molecule has 90 valence electrons. The highest BCUT2D eigenvalue weighted by Gasteiger charge is 2.06. The van der Waals surface area contributed by atoms with Crippen molar-refractivity contribution in [2.45, 2.75) is 20.0 Å². The first kappa shape index (κ1) is 12.6. The van der Waals surface area contributed by atoms with E-state index in [1.807, 2.05) is 6.92 Å². The van der Waals surface area contributed by atoms with Crippen LogP contribution in [0.5, 0.6) is 0 Å². The molecule has 0 aliphatic rings. The normalized spacial score (nSPS) is 10.6. The van der Waals surface area contributed by atoms with Gasteiger partial charge in [-0.2, -0.15) is 0 Å². The number of rotatable bonds is 8. The van der Waals surface area contributed by atoms with Crippen molar-refractivity contribution in [1.82, 2.24) is 10.2 Å². The smallest absolute Gasteiger partial charge is 0.329 e. The summed E-state index contributed by atoms with van der Waals surface area (Å²) < 4.78 is 15.1. The van der Waals surface area contributed by atoms with Crippen LogP contribution >= 0.6 is 0 Å². The zero-order chi connectivity index (χ0) is 11.8. The SMILES string of the molecule is CCOCCc1nnc(COCC(=O)O)o1. The fraction of sp³-hybridized carbons (Fsp3) is 0.667. The van der Waals surface area contributed by atoms with Crippen LogP contribution in [-0.4, -0.2) is 41.1 Å². The van der Waals surface area contributed by atoms with Gasteiger partial charge >= 0.3 is 5.97 Å². The number of hydrogen-bond acceptors (Lipinski definition) is 6. The third-order valence-electron chi connectivity index (χ3n) is 1.62. The van der Waals surface area contributed by atoms with E-state index in [4.69, 9.17) is 19.0 Å². The Morgan fingerprint density at radius 2 is 2.12 bits per heavy atom. The quantitative estimate of drug-likeness (QED) is 0.639. The Bertz CT molecular complexity index is 325. The van der Waals surface area contributed by atoms with E-state index in [9.17, 15) is 4.79 Å². The molecule has 0 saturated heterocycles. The van der Waals surface area contributed by atoms with Crippen molar-refractivity contribution < 1.29 is 23.8 Å². The lowest BCUT2D eigenvalue weighted by molar-refractivity contribution is -0.142. The number of aromatic nitrogens is 2. The van der Waals surface area contributed by atoms with Gasteiger partial charge in [-0.1, -0.05) is 0 Å². The van der Waals surface area contributed by atoms with Crippen LogP contribution in [0.4, 0.5) is 0 Å². The molecule has 0 bridgehead atoms. The van der Waals surface area contributed by atoms with Crippen molar-refractivity contribution in [3.05, 3.63) is 11.8 Å². The maximum absolute atomic E-state index is 10.2. The molecule has 0 unspecified atom stereocenters. The molecule has 0 fully saturated rings. The Labute approximate surface area is 92.4 Å². The minimum atomic E-state index is -1.03. The molecule has 1 rings (SSSR count). The number of hydrogen-bond donors (Lipinski definition) is 1. The zero-order valence-corrected chi connectivity index (χ0v) is 9.01. The minimum absolute atomic E-state index is 0.00787. The van der Waals surface area contributed by atoms with E-state index in [2.05, 4.69) is 10.2 Å². The van der Waals surface area contributed by atoms with Crippen LogP contribution in [0.25, 0.3) is 0 Å². The maximum Gasteiger partial charge on any atom is 0.329 e. The highest BCUT2D eigenvalue weighted by Crippen LogP contribution is 2.02. The van der Waals surface area contributed by atoms with Crippen LogP contribution in [-0.2, 0) is 27.3 Å². The topological polar surface area (TPSA) is 94.7 Å². The molecule has 0 aromatic carbocycles. The van der Waals surface area contributed by atoms with Crippen LogP contribution in [0, 0.1) is 0 Å². The lowest BCUT2D eigenvalue weighted by Crippen LogP contribution is -2.06. The highest BCUT2D eigenvalue weighted by molar-refractivity contribution is 5.67. The van der Waals surface area contributed by atoms with Gasteiger partial charge in [-0.25, -0.2) is 4.79 Å². The Morgan fingerprint density at radius 1 is 1.38 bits per heavy atom. The zero-order valence-electron chi connectivity index (χ0n) is 9.01. The third-order valence-corrected chi connectivity index (χ3v) is 1.62. The standard InChI is InChI=1S/C9H14N2O5/c1-2-14-4-3-7-10-11-8(16-7)5-15-6-9(12)13/h2-6H2,1H3,(H,12,13). The molecule has 0 aliphatic carbocycles. The monoisotopic (exact) mass is 230 g/mol. The summed E-state index contributed by atoms with van der Waals surface area (Å²) in [6.45, 7) is 2.69. The molecule has 0 atom stereocenters. The van der Waals surface area contributed by atoms with E-state index in [0.717, 1.165) is 0 Å². The summed E-state index contributed by atoms with van der Waals surface area (Å²) in [5.41, 5.74) is 0. The molecule has 0 amide bonds. The molecule has 1 aromatic heterocycles. The van der Waals surface area contributed by atoms with E-state index < -0.39 is 5.97 Å². The first-order chi connectivity index (χ1) is 7.72. The number of ether oxygens (including phenoxy) is 2. The van der Waals surface area contributed by atoms with Crippen molar-refractivity contribution in [3.8, 4) is 0 Å². The van der Waals surface area contributed by atoms with Crippen molar-refractivity contribution in [2.75, 3.05) is 19.8 Å². The number of aliphatic carboxylic acids is 1. The Kier molecular flexibility index (Phi) is 5.44. The summed E-state index contributed by atoms with van der Waals surface area (Å²) in [5, 5.41) is 15.8. The maximum atomic E-state index is 10.2. The van der Waals surface area contributed by atoms with Crippen molar-refractivity contribution >= 4 is 5.97 Å². The van der Waals surface area contributed by atoms with E-state index in [1.54, 1.807) is 0 Å². The lowest BCUT2D eigenvalue weighted by atomic mass is 10.5. The number of nitrogens with zero attached hydrogens (tertiary/aromatic N) is 2. The summed E-state index contributed by atoms with van der Waals surface area (Å²) in [6, 6.07) is 0. The van der Waals surface area contributed by atoms with Gasteiger partial charge in [0.2, 0.25) is 11.8 Å². The fourth-order valence-corrected chi connectivity index (χ4v) is 0.977. The van der Waals surface area contributed by atoms with Crippen molar-refractivity contribution in [2.24, 2.45) is 0 Å². The molecule has 1 aromatic rings. The Balaban J connectivity index is 2.25. The average molecular weight is 230 g/mol. The molecular weight excluding hydrogens is 216 g/mol. The summed E-state index contributed by atoms with van der Waals surface area (Å²) in [5.74, 6) is -0.300. The summed E-state index contributed by atoms with van der Waals surface area (Å²) in [7, 11) is 0. The van der Waals surface area contributed by atoms with E-state index in [1.165, 1.54) is 0 Å². The molecule has 0 spiro atoms. The second-order valence-electron chi connectivity index (χ2n) is 2.92. The third kappa shape index (κ3) is 4.85. The largest absolute Gasteiger partial charge is 0.480 e. The Morgan fingerprint density at radius 3 is 2.81 bits per heavy atom. The predicted octanol–water partition coefficient (Wildman–Crippen LogP) is 0.250. The van der Waals surface area contributed by atoms with Gasteiger partial charge in [-0.05, 0) is 6.92 Å². The van der Waals surface area contributed by atoms with Crippen LogP contribution in [0.2, 0.25) is 0 Å². The van der Waals surface area contributed by atoms with Gasteiger partial charge in [-0.3, -0.25) is 0 Å². The predicted molar refractivity (Wildman–Crippen MR) is 51.8 cm³/mol. The van der Waals surface area contributed by atoms with E-state index >= 15 is 0 Å². The molecule has 7 nitrogen and oxygen atoms in total.